The van der Waals surface area contributed by atoms with Crippen molar-refractivity contribution in [3.05, 3.63) is 48.0 Å². The topological polar surface area (TPSA) is 50.8 Å². The van der Waals surface area contributed by atoms with Crippen molar-refractivity contribution in [2.75, 3.05) is 23.9 Å². The Bertz CT molecular complexity index is 743. The summed E-state index contributed by atoms with van der Waals surface area (Å²) in [4.78, 5) is 13.8. The van der Waals surface area contributed by atoms with Crippen LogP contribution in [0.4, 0.5) is 11.4 Å². The van der Waals surface area contributed by atoms with Gasteiger partial charge >= 0.3 is 0 Å². The molecule has 0 saturated heterocycles. The van der Waals surface area contributed by atoms with Gasteiger partial charge in [0.25, 0.3) is 5.91 Å². The molecule has 3 rings (SSSR count). The lowest BCUT2D eigenvalue weighted by molar-refractivity contribution is -0.121. The summed E-state index contributed by atoms with van der Waals surface area (Å²) in [5.74, 6) is 1.58. The Kier molecular flexibility index (Phi) is 4.60. The molecule has 0 aromatic heterocycles. The highest BCUT2D eigenvalue weighted by atomic mass is 16.5. The fourth-order valence-electron chi connectivity index (χ4n) is 2.89. The molecule has 0 aliphatic carbocycles. The van der Waals surface area contributed by atoms with Gasteiger partial charge in [-0.15, -0.1) is 0 Å². The first-order chi connectivity index (χ1) is 11.6. The number of rotatable bonds is 5. The number of methoxy groups -OCH3 is 1. The van der Waals surface area contributed by atoms with E-state index in [0.29, 0.717) is 6.54 Å². The average molecular weight is 326 g/mol. The van der Waals surface area contributed by atoms with Gasteiger partial charge in [-0.25, -0.2) is 0 Å². The maximum absolute atomic E-state index is 12.0. The maximum Gasteiger partial charge on any atom is 0.265 e. The summed E-state index contributed by atoms with van der Waals surface area (Å²) < 4.78 is 11.0. The summed E-state index contributed by atoms with van der Waals surface area (Å²) in [5.41, 5.74) is 2.85. The number of anilines is 2. The van der Waals surface area contributed by atoms with Crippen molar-refractivity contribution in [1.82, 2.24) is 0 Å². The second-order valence-electron chi connectivity index (χ2n) is 5.99. The molecule has 1 heterocycles. The zero-order chi connectivity index (χ0) is 17.1. The lowest BCUT2D eigenvalue weighted by atomic mass is 10.1. The third-order valence-electron chi connectivity index (χ3n) is 4.03. The van der Waals surface area contributed by atoms with E-state index in [9.17, 15) is 4.79 Å². The third-order valence-corrected chi connectivity index (χ3v) is 4.03. The first kappa shape index (κ1) is 16.2. The van der Waals surface area contributed by atoms with Crippen LogP contribution in [0.15, 0.2) is 42.5 Å². The largest absolute Gasteiger partial charge is 0.496 e. The molecule has 2 aromatic rings. The molecule has 2 aromatic carbocycles. The molecule has 1 aliphatic rings. The van der Waals surface area contributed by atoms with Crippen LogP contribution in [0.1, 0.15) is 19.4 Å². The second-order valence-corrected chi connectivity index (χ2v) is 5.99. The lowest BCUT2D eigenvalue weighted by Gasteiger charge is -2.32. The van der Waals surface area contributed by atoms with Gasteiger partial charge in [-0.1, -0.05) is 18.2 Å². The van der Waals surface area contributed by atoms with Gasteiger partial charge < -0.3 is 19.7 Å². The van der Waals surface area contributed by atoms with Gasteiger partial charge in [0, 0.05) is 29.9 Å². The van der Waals surface area contributed by atoms with E-state index < -0.39 is 0 Å². The van der Waals surface area contributed by atoms with Crippen LogP contribution >= 0.6 is 0 Å². The number of amides is 1. The number of fused-ring (bicyclic) bond motifs is 1. The first-order valence-electron chi connectivity index (χ1n) is 8.05. The number of hydrogen-bond acceptors (Lipinski definition) is 4. The standard InChI is InChI=1S/C19H22N2O3/c1-13(2)21-16-9-8-15(10-18(16)24-12-19(21)22)20-11-14-6-4-5-7-17(14)23-3/h4-10,13,20H,11-12H2,1-3H3. The summed E-state index contributed by atoms with van der Waals surface area (Å²) in [6.45, 7) is 4.73. The molecule has 0 fully saturated rings. The molecule has 126 valence electrons. The summed E-state index contributed by atoms with van der Waals surface area (Å²) in [6, 6.07) is 13.8. The monoisotopic (exact) mass is 326 g/mol. The maximum atomic E-state index is 12.0. The number of hydrogen-bond donors (Lipinski definition) is 1. The SMILES string of the molecule is COc1ccccc1CNc1ccc2c(c1)OCC(=O)N2C(C)C. The summed E-state index contributed by atoms with van der Waals surface area (Å²) in [5, 5.41) is 3.38. The highest BCUT2D eigenvalue weighted by Gasteiger charge is 2.27. The van der Waals surface area contributed by atoms with Crippen molar-refractivity contribution < 1.29 is 14.3 Å². The van der Waals surface area contributed by atoms with Crippen molar-refractivity contribution in [1.29, 1.82) is 0 Å². The molecule has 0 atom stereocenters. The minimum Gasteiger partial charge on any atom is -0.496 e. The molecule has 0 spiro atoms. The van der Waals surface area contributed by atoms with E-state index in [1.807, 2.05) is 56.3 Å². The van der Waals surface area contributed by atoms with E-state index in [4.69, 9.17) is 9.47 Å². The van der Waals surface area contributed by atoms with Crippen molar-refractivity contribution in [3.8, 4) is 11.5 Å². The van der Waals surface area contributed by atoms with Crippen molar-refractivity contribution in [3.63, 3.8) is 0 Å². The zero-order valence-electron chi connectivity index (χ0n) is 14.2. The molecule has 1 N–H and O–H groups in total. The number of carbonyl (C=O) groups excluding carboxylic acids is 1. The minimum atomic E-state index is -0.00719. The molecular weight excluding hydrogens is 304 g/mol. The van der Waals surface area contributed by atoms with Gasteiger partial charge in [-0.3, -0.25) is 4.79 Å². The second kappa shape index (κ2) is 6.83. The van der Waals surface area contributed by atoms with Gasteiger partial charge in [-0.2, -0.15) is 0 Å². The zero-order valence-corrected chi connectivity index (χ0v) is 14.2. The molecule has 0 unspecified atom stereocenters. The van der Waals surface area contributed by atoms with Crippen LogP contribution in [0, 0.1) is 0 Å². The molecule has 0 bridgehead atoms. The van der Waals surface area contributed by atoms with E-state index in [0.717, 1.165) is 28.4 Å². The number of benzene rings is 2. The summed E-state index contributed by atoms with van der Waals surface area (Å²) in [7, 11) is 1.67. The third kappa shape index (κ3) is 3.15. The molecular formula is C19H22N2O3. The van der Waals surface area contributed by atoms with Gasteiger partial charge in [0.05, 0.1) is 12.8 Å². The molecule has 24 heavy (non-hydrogen) atoms. The van der Waals surface area contributed by atoms with Gasteiger partial charge in [0.1, 0.15) is 11.5 Å². The number of carbonyl (C=O) groups is 1. The molecule has 0 saturated carbocycles. The Hall–Kier alpha value is -2.69. The van der Waals surface area contributed by atoms with E-state index in [1.165, 1.54) is 0 Å². The normalized spacial score (nSPS) is 13.5. The molecule has 5 heteroatoms. The van der Waals surface area contributed by atoms with Gasteiger partial charge in [-0.05, 0) is 32.0 Å². The Balaban J connectivity index is 1.78. The first-order valence-corrected chi connectivity index (χ1v) is 8.05. The van der Waals surface area contributed by atoms with Gasteiger partial charge in [0.2, 0.25) is 0 Å². The van der Waals surface area contributed by atoms with Gasteiger partial charge in [0.15, 0.2) is 6.61 Å². The van der Waals surface area contributed by atoms with Crippen molar-refractivity contribution in [2.24, 2.45) is 0 Å². The van der Waals surface area contributed by atoms with E-state index >= 15 is 0 Å². The minimum absolute atomic E-state index is 0.00719. The van der Waals surface area contributed by atoms with Crippen LogP contribution in [0.5, 0.6) is 11.5 Å². The number of nitrogens with one attached hydrogen (secondary N) is 1. The predicted octanol–water partition coefficient (Wildman–Crippen LogP) is 3.44. The Morgan fingerprint density at radius 2 is 2.04 bits per heavy atom. The fraction of sp³-hybridized carbons (Fsp3) is 0.316. The van der Waals surface area contributed by atoms with Crippen LogP contribution in [0.3, 0.4) is 0 Å². The van der Waals surface area contributed by atoms with E-state index in [1.54, 1.807) is 12.0 Å². The molecule has 5 nitrogen and oxygen atoms in total. The van der Waals surface area contributed by atoms with E-state index in [2.05, 4.69) is 5.32 Å². The van der Waals surface area contributed by atoms with Crippen molar-refractivity contribution in [2.45, 2.75) is 26.4 Å². The molecule has 0 radical (unpaired) electrons. The number of para-hydroxylation sites is 1. The Morgan fingerprint density at radius 1 is 1.25 bits per heavy atom. The Morgan fingerprint density at radius 3 is 2.79 bits per heavy atom. The Labute approximate surface area is 142 Å². The summed E-state index contributed by atoms with van der Waals surface area (Å²) in [6.07, 6.45) is 0. The summed E-state index contributed by atoms with van der Waals surface area (Å²) >= 11 is 0. The fourth-order valence-corrected chi connectivity index (χ4v) is 2.89. The molecule has 1 aliphatic heterocycles. The molecule has 1 amide bonds. The number of nitrogens with zero attached hydrogens (tertiary/aromatic N) is 1. The quantitative estimate of drug-likeness (QED) is 0.914. The van der Waals surface area contributed by atoms with Crippen LogP contribution in [-0.2, 0) is 11.3 Å². The number of ether oxygens (including phenoxy) is 2. The highest BCUT2D eigenvalue weighted by molar-refractivity contribution is 5.98. The van der Waals surface area contributed by atoms with Crippen LogP contribution in [0.25, 0.3) is 0 Å². The van der Waals surface area contributed by atoms with Crippen LogP contribution in [0.2, 0.25) is 0 Å². The van der Waals surface area contributed by atoms with Crippen molar-refractivity contribution >= 4 is 17.3 Å². The smallest absolute Gasteiger partial charge is 0.265 e. The highest BCUT2D eigenvalue weighted by Crippen LogP contribution is 2.35. The van der Waals surface area contributed by atoms with Crippen LogP contribution in [-0.4, -0.2) is 25.7 Å². The van der Waals surface area contributed by atoms with E-state index in [-0.39, 0.29) is 18.6 Å². The predicted molar refractivity (Wildman–Crippen MR) is 94.9 cm³/mol. The van der Waals surface area contributed by atoms with Crippen LogP contribution < -0.4 is 19.7 Å². The lowest BCUT2D eigenvalue weighted by Crippen LogP contribution is -2.43. The average Bonchev–Trinajstić information content (AvgIpc) is 2.59.